The Balaban J connectivity index is 1.61. The molecule has 1 aliphatic carbocycles. The Morgan fingerprint density at radius 2 is 1.76 bits per heavy atom. The van der Waals surface area contributed by atoms with Crippen molar-refractivity contribution in [3.05, 3.63) is 99.6 Å². The molecule has 0 aromatic heterocycles. The second-order valence-electron chi connectivity index (χ2n) is 8.27. The van der Waals surface area contributed by atoms with E-state index in [2.05, 4.69) is 17.4 Å². The van der Waals surface area contributed by atoms with E-state index in [0.29, 0.717) is 0 Å². The van der Waals surface area contributed by atoms with Crippen molar-refractivity contribution in [2.24, 2.45) is 0 Å². The van der Waals surface area contributed by atoms with E-state index >= 15 is 0 Å². The lowest BCUT2D eigenvalue weighted by molar-refractivity contribution is -0.384. The van der Waals surface area contributed by atoms with Gasteiger partial charge in [0.15, 0.2) is 0 Å². The molecule has 8 nitrogen and oxygen atoms in total. The maximum atomic E-state index is 13.4. The number of hydrogen-bond acceptors (Lipinski definition) is 5. The largest absolute Gasteiger partial charge is 0.348 e. The monoisotopic (exact) mass is 479 g/mol. The van der Waals surface area contributed by atoms with Crippen molar-refractivity contribution in [1.82, 2.24) is 5.32 Å². The van der Waals surface area contributed by atoms with Crippen LogP contribution in [0.4, 0.5) is 11.4 Å². The predicted molar refractivity (Wildman–Crippen MR) is 129 cm³/mol. The van der Waals surface area contributed by atoms with Crippen LogP contribution in [-0.4, -0.2) is 25.8 Å². The van der Waals surface area contributed by atoms with Gasteiger partial charge < -0.3 is 5.32 Å². The number of nitrogens with zero attached hydrogens (tertiary/aromatic N) is 2. The molecular weight excluding hydrogens is 454 g/mol. The van der Waals surface area contributed by atoms with Crippen LogP contribution in [0.3, 0.4) is 0 Å². The van der Waals surface area contributed by atoms with Crippen molar-refractivity contribution >= 4 is 27.3 Å². The Morgan fingerprint density at radius 3 is 2.50 bits per heavy atom. The molecule has 3 aromatic rings. The molecule has 4 rings (SSSR count). The number of benzene rings is 3. The first kappa shape index (κ1) is 23.4. The van der Waals surface area contributed by atoms with E-state index in [-0.39, 0.29) is 22.3 Å². The standard InChI is InChI=1S/C25H25N3O5S/c1-18(20-14-13-19-7-5-8-21(19)15-20)26-25(29)17-27(22-9-6-10-23(16-22)28(30)31)34(32,33)24-11-3-2-4-12-24/h2-4,6,9-16,18H,5,7-8,17H2,1H3,(H,26,29)/t18-/m1/s1. The first-order valence-corrected chi connectivity index (χ1v) is 12.4. The lowest BCUT2D eigenvalue weighted by atomic mass is 10.0. The summed E-state index contributed by atoms with van der Waals surface area (Å²) in [5, 5.41) is 14.1. The highest BCUT2D eigenvalue weighted by atomic mass is 32.2. The van der Waals surface area contributed by atoms with Crippen molar-refractivity contribution < 1.29 is 18.1 Å². The van der Waals surface area contributed by atoms with Gasteiger partial charge >= 0.3 is 0 Å². The van der Waals surface area contributed by atoms with Gasteiger partial charge in [0.1, 0.15) is 6.54 Å². The zero-order valence-corrected chi connectivity index (χ0v) is 19.5. The van der Waals surface area contributed by atoms with Gasteiger partial charge in [0.2, 0.25) is 5.91 Å². The van der Waals surface area contributed by atoms with Crippen LogP contribution in [0.5, 0.6) is 0 Å². The summed E-state index contributed by atoms with van der Waals surface area (Å²) in [5.74, 6) is -0.515. The average molecular weight is 480 g/mol. The molecule has 0 aliphatic heterocycles. The number of fused-ring (bicyclic) bond motifs is 1. The third-order valence-electron chi connectivity index (χ3n) is 5.95. The summed E-state index contributed by atoms with van der Waals surface area (Å²) in [6.07, 6.45) is 3.20. The fraction of sp³-hybridized carbons (Fsp3) is 0.240. The molecule has 0 heterocycles. The molecule has 1 aliphatic rings. The Bertz CT molecular complexity index is 1330. The van der Waals surface area contributed by atoms with E-state index in [4.69, 9.17) is 0 Å². The maximum absolute atomic E-state index is 13.4. The number of nitro benzene ring substituents is 1. The summed E-state index contributed by atoms with van der Waals surface area (Å²) in [7, 11) is -4.15. The Labute approximate surface area is 198 Å². The number of nitro groups is 1. The first-order chi connectivity index (χ1) is 16.3. The number of nitrogens with one attached hydrogen (secondary N) is 1. The second-order valence-corrected chi connectivity index (χ2v) is 10.1. The molecule has 0 saturated heterocycles. The van der Waals surface area contributed by atoms with Crippen molar-refractivity contribution in [3.63, 3.8) is 0 Å². The van der Waals surface area contributed by atoms with Gasteiger partial charge in [0.25, 0.3) is 15.7 Å². The highest BCUT2D eigenvalue weighted by Crippen LogP contribution is 2.28. The van der Waals surface area contributed by atoms with Gasteiger partial charge in [-0.3, -0.25) is 19.2 Å². The minimum atomic E-state index is -4.15. The van der Waals surface area contributed by atoms with Crippen molar-refractivity contribution in [1.29, 1.82) is 0 Å². The van der Waals surface area contributed by atoms with Gasteiger partial charge in [-0.25, -0.2) is 8.42 Å². The minimum Gasteiger partial charge on any atom is -0.348 e. The molecule has 9 heteroatoms. The number of rotatable bonds is 8. The van der Waals surface area contributed by atoms with E-state index in [1.807, 2.05) is 13.0 Å². The molecule has 1 N–H and O–H groups in total. The molecular formula is C25H25N3O5S. The molecule has 0 unspecified atom stereocenters. The fourth-order valence-corrected chi connectivity index (χ4v) is 5.59. The molecule has 34 heavy (non-hydrogen) atoms. The van der Waals surface area contributed by atoms with Crippen LogP contribution >= 0.6 is 0 Å². The molecule has 0 spiro atoms. The van der Waals surface area contributed by atoms with Crippen LogP contribution in [0.15, 0.2) is 77.7 Å². The summed E-state index contributed by atoms with van der Waals surface area (Å²) >= 11 is 0. The van der Waals surface area contributed by atoms with Crippen LogP contribution in [0, 0.1) is 10.1 Å². The number of non-ortho nitro benzene ring substituents is 1. The fourth-order valence-electron chi connectivity index (χ4n) is 4.16. The van der Waals surface area contributed by atoms with E-state index in [1.165, 1.54) is 41.5 Å². The molecule has 0 radical (unpaired) electrons. The molecule has 0 saturated carbocycles. The average Bonchev–Trinajstić information content (AvgIpc) is 3.31. The van der Waals surface area contributed by atoms with E-state index in [0.717, 1.165) is 35.2 Å². The van der Waals surface area contributed by atoms with E-state index in [1.54, 1.807) is 18.2 Å². The summed E-state index contributed by atoms with van der Waals surface area (Å²) < 4.78 is 27.7. The molecule has 176 valence electrons. The minimum absolute atomic E-state index is 0.0130. The smallest absolute Gasteiger partial charge is 0.271 e. The molecule has 3 aromatic carbocycles. The number of carbonyl (C=O) groups is 1. The van der Waals surface area contributed by atoms with Crippen LogP contribution < -0.4 is 9.62 Å². The van der Waals surface area contributed by atoms with Crippen molar-refractivity contribution in [2.45, 2.75) is 37.1 Å². The Kier molecular flexibility index (Phi) is 6.65. The van der Waals surface area contributed by atoms with Gasteiger partial charge in [-0.05, 0) is 61.1 Å². The summed E-state index contributed by atoms with van der Waals surface area (Å²) in [6, 6.07) is 18.8. The highest BCUT2D eigenvalue weighted by molar-refractivity contribution is 7.92. The Morgan fingerprint density at radius 1 is 1.03 bits per heavy atom. The third-order valence-corrected chi connectivity index (χ3v) is 7.74. The van der Waals surface area contributed by atoms with E-state index < -0.39 is 27.4 Å². The number of amides is 1. The lowest BCUT2D eigenvalue weighted by Crippen LogP contribution is -2.41. The van der Waals surface area contributed by atoms with Gasteiger partial charge in [0.05, 0.1) is 21.5 Å². The molecule has 0 bridgehead atoms. The lowest BCUT2D eigenvalue weighted by Gasteiger charge is -2.25. The normalized spacial score (nSPS) is 13.7. The SMILES string of the molecule is C[C@@H](NC(=O)CN(c1cccc([N+](=O)[O-])c1)S(=O)(=O)c1ccccc1)c1ccc2c(c1)CCC2. The van der Waals surface area contributed by atoms with Crippen LogP contribution in [0.1, 0.15) is 36.1 Å². The third kappa shape index (κ3) is 4.94. The number of hydrogen-bond donors (Lipinski definition) is 1. The summed E-state index contributed by atoms with van der Waals surface area (Å²) in [5.41, 5.74) is 3.33. The zero-order valence-electron chi connectivity index (χ0n) is 18.7. The van der Waals surface area contributed by atoms with Crippen molar-refractivity contribution in [2.75, 3.05) is 10.8 Å². The number of aryl methyl sites for hydroxylation is 2. The second kappa shape index (κ2) is 9.64. The predicted octanol–water partition coefficient (Wildman–Crippen LogP) is 4.16. The van der Waals surface area contributed by atoms with Crippen LogP contribution in [-0.2, 0) is 27.7 Å². The maximum Gasteiger partial charge on any atom is 0.271 e. The van der Waals surface area contributed by atoms with E-state index in [9.17, 15) is 23.3 Å². The van der Waals surface area contributed by atoms with Gasteiger partial charge in [-0.15, -0.1) is 0 Å². The topological polar surface area (TPSA) is 110 Å². The highest BCUT2D eigenvalue weighted by Gasteiger charge is 2.28. The summed E-state index contributed by atoms with van der Waals surface area (Å²) in [6.45, 7) is 1.33. The van der Waals surface area contributed by atoms with Crippen LogP contribution in [0.25, 0.3) is 0 Å². The molecule has 1 amide bonds. The number of anilines is 1. The van der Waals surface area contributed by atoms with Gasteiger partial charge in [-0.2, -0.15) is 0 Å². The number of carbonyl (C=O) groups excluding carboxylic acids is 1. The molecule has 0 fully saturated rings. The first-order valence-electron chi connectivity index (χ1n) is 11.0. The molecule has 1 atom stereocenters. The summed E-state index contributed by atoms with van der Waals surface area (Å²) in [4.78, 5) is 23.6. The van der Waals surface area contributed by atoms with Crippen molar-refractivity contribution in [3.8, 4) is 0 Å². The quantitative estimate of drug-likeness (QED) is 0.385. The Hall–Kier alpha value is -3.72. The number of sulfonamides is 1. The van der Waals surface area contributed by atoms with Crippen LogP contribution in [0.2, 0.25) is 0 Å². The zero-order chi connectivity index (χ0) is 24.3. The van der Waals surface area contributed by atoms with Gasteiger partial charge in [-0.1, -0.05) is 42.5 Å². The van der Waals surface area contributed by atoms with Gasteiger partial charge in [0, 0.05) is 12.1 Å².